The first-order chi connectivity index (χ1) is 10.6. The zero-order valence-corrected chi connectivity index (χ0v) is 14.6. The molecule has 1 unspecified atom stereocenters. The van der Waals surface area contributed by atoms with Crippen LogP contribution in [0.3, 0.4) is 0 Å². The minimum Gasteiger partial charge on any atom is -0.490 e. The minimum atomic E-state index is -0.622. The predicted molar refractivity (Wildman–Crippen MR) is 91.1 cm³/mol. The second-order valence-electron chi connectivity index (χ2n) is 5.23. The summed E-state index contributed by atoms with van der Waals surface area (Å²) in [5.41, 5.74) is 0.760. The van der Waals surface area contributed by atoms with Crippen molar-refractivity contribution in [1.29, 1.82) is 0 Å². The molecule has 4 heteroatoms. The summed E-state index contributed by atoms with van der Waals surface area (Å²) in [5, 5.41) is -0.622. The highest BCUT2D eigenvalue weighted by Gasteiger charge is 2.18. The molecule has 0 spiro atoms. The Morgan fingerprint density at radius 2 is 1.86 bits per heavy atom. The minimum absolute atomic E-state index is 0.0114. The van der Waals surface area contributed by atoms with E-state index in [-0.39, 0.29) is 5.78 Å². The quantitative estimate of drug-likeness (QED) is 0.408. The van der Waals surface area contributed by atoms with Gasteiger partial charge in [-0.25, -0.2) is 0 Å². The molecule has 0 aliphatic carbocycles. The number of carbonyl (C=O) groups excluding carboxylic acids is 1. The molecule has 0 saturated heterocycles. The van der Waals surface area contributed by atoms with Crippen LogP contribution in [0.1, 0.15) is 63.8 Å². The first kappa shape index (κ1) is 18.8. The Morgan fingerprint density at radius 3 is 2.50 bits per heavy atom. The summed E-state index contributed by atoms with van der Waals surface area (Å²) in [6, 6.07) is 5.50. The summed E-state index contributed by atoms with van der Waals surface area (Å²) >= 11 is 6.20. The Hall–Kier alpha value is -1.22. The van der Waals surface area contributed by atoms with Gasteiger partial charge >= 0.3 is 0 Å². The van der Waals surface area contributed by atoms with Crippen LogP contribution in [0.25, 0.3) is 0 Å². The Balaban J connectivity index is 2.74. The molecular weight excluding hydrogens is 300 g/mol. The molecule has 1 rings (SSSR count). The Labute approximate surface area is 139 Å². The molecule has 0 aliphatic heterocycles. The first-order valence-corrected chi connectivity index (χ1v) is 8.63. The van der Waals surface area contributed by atoms with Crippen molar-refractivity contribution in [2.24, 2.45) is 0 Å². The predicted octanol–water partition coefficient (Wildman–Crippen LogP) is 5.30. The zero-order chi connectivity index (χ0) is 16.4. The molecule has 0 heterocycles. The molecule has 124 valence electrons. The SMILES string of the molecule is CCCCCCOc1ccc(C(Cl)C(=O)CC)cc1OCC. The van der Waals surface area contributed by atoms with Gasteiger partial charge in [0.05, 0.1) is 13.2 Å². The lowest BCUT2D eigenvalue weighted by molar-refractivity contribution is -0.118. The highest BCUT2D eigenvalue weighted by Crippen LogP contribution is 2.33. The van der Waals surface area contributed by atoms with E-state index in [0.717, 1.165) is 17.7 Å². The lowest BCUT2D eigenvalue weighted by Crippen LogP contribution is -2.06. The summed E-state index contributed by atoms with van der Waals surface area (Å²) in [4.78, 5) is 11.7. The van der Waals surface area contributed by atoms with Gasteiger partial charge in [0.1, 0.15) is 5.38 Å². The van der Waals surface area contributed by atoms with E-state index in [1.165, 1.54) is 19.3 Å². The number of benzene rings is 1. The van der Waals surface area contributed by atoms with E-state index in [1.54, 1.807) is 0 Å². The summed E-state index contributed by atoms with van der Waals surface area (Å²) in [5.74, 6) is 1.39. The van der Waals surface area contributed by atoms with Crippen LogP contribution in [0.5, 0.6) is 11.5 Å². The van der Waals surface area contributed by atoms with E-state index < -0.39 is 5.38 Å². The molecule has 0 saturated carbocycles. The number of carbonyl (C=O) groups is 1. The summed E-state index contributed by atoms with van der Waals surface area (Å²) < 4.78 is 11.4. The Bertz CT molecular complexity index is 460. The molecule has 0 aromatic heterocycles. The third-order valence-corrected chi connectivity index (χ3v) is 3.94. The lowest BCUT2D eigenvalue weighted by Gasteiger charge is -2.15. The van der Waals surface area contributed by atoms with Crippen molar-refractivity contribution in [2.45, 2.75) is 58.3 Å². The molecule has 0 aliphatic rings. The number of halogens is 1. The van der Waals surface area contributed by atoms with Gasteiger partial charge in [-0.3, -0.25) is 4.79 Å². The molecule has 0 radical (unpaired) electrons. The molecular formula is C18H27ClO3. The number of rotatable bonds is 11. The highest BCUT2D eigenvalue weighted by molar-refractivity contribution is 6.31. The van der Waals surface area contributed by atoms with Crippen molar-refractivity contribution in [2.75, 3.05) is 13.2 Å². The Kier molecular flexibility index (Phi) is 8.98. The van der Waals surface area contributed by atoms with Crippen LogP contribution >= 0.6 is 11.6 Å². The van der Waals surface area contributed by atoms with Gasteiger partial charge in [0.15, 0.2) is 17.3 Å². The molecule has 1 aromatic rings. The summed E-state index contributed by atoms with van der Waals surface area (Å²) in [6.45, 7) is 7.15. The van der Waals surface area contributed by atoms with Crippen LogP contribution in [-0.2, 0) is 4.79 Å². The van der Waals surface area contributed by atoms with Gasteiger partial charge in [-0.1, -0.05) is 39.2 Å². The second kappa shape index (κ2) is 10.5. The van der Waals surface area contributed by atoms with E-state index in [0.29, 0.717) is 25.4 Å². The van der Waals surface area contributed by atoms with Crippen LogP contribution in [0.2, 0.25) is 0 Å². The van der Waals surface area contributed by atoms with Crippen molar-refractivity contribution in [1.82, 2.24) is 0 Å². The maximum atomic E-state index is 11.7. The molecule has 1 aromatic carbocycles. The fraction of sp³-hybridized carbons (Fsp3) is 0.611. The van der Waals surface area contributed by atoms with Crippen molar-refractivity contribution >= 4 is 17.4 Å². The molecule has 22 heavy (non-hydrogen) atoms. The third-order valence-electron chi connectivity index (χ3n) is 3.45. The van der Waals surface area contributed by atoms with Crippen LogP contribution in [0, 0.1) is 0 Å². The van der Waals surface area contributed by atoms with Crippen LogP contribution < -0.4 is 9.47 Å². The van der Waals surface area contributed by atoms with Crippen molar-refractivity contribution < 1.29 is 14.3 Å². The van der Waals surface area contributed by atoms with E-state index in [2.05, 4.69) is 6.92 Å². The van der Waals surface area contributed by atoms with Crippen LogP contribution in [0.15, 0.2) is 18.2 Å². The van der Waals surface area contributed by atoms with Gasteiger partial charge in [-0.15, -0.1) is 11.6 Å². The number of Topliss-reactive ketones (excluding diaryl/α,β-unsaturated/α-hetero) is 1. The highest BCUT2D eigenvalue weighted by atomic mass is 35.5. The van der Waals surface area contributed by atoms with Gasteiger partial charge in [0.2, 0.25) is 0 Å². The number of alkyl halides is 1. The fourth-order valence-electron chi connectivity index (χ4n) is 2.15. The van der Waals surface area contributed by atoms with Crippen molar-refractivity contribution in [3.05, 3.63) is 23.8 Å². The molecule has 0 fully saturated rings. The fourth-order valence-corrected chi connectivity index (χ4v) is 2.44. The van der Waals surface area contributed by atoms with E-state index >= 15 is 0 Å². The number of unbranched alkanes of at least 4 members (excludes halogenated alkanes) is 3. The van der Waals surface area contributed by atoms with E-state index in [9.17, 15) is 4.79 Å². The number of ether oxygens (including phenoxy) is 2. The number of hydrogen-bond acceptors (Lipinski definition) is 3. The maximum absolute atomic E-state index is 11.7. The topological polar surface area (TPSA) is 35.5 Å². The average molecular weight is 327 g/mol. The molecule has 3 nitrogen and oxygen atoms in total. The normalized spacial score (nSPS) is 12.0. The average Bonchev–Trinajstić information content (AvgIpc) is 2.54. The first-order valence-electron chi connectivity index (χ1n) is 8.20. The van der Waals surface area contributed by atoms with Crippen molar-refractivity contribution in [3.8, 4) is 11.5 Å². The summed E-state index contributed by atoms with van der Waals surface area (Å²) in [7, 11) is 0. The number of ketones is 1. The van der Waals surface area contributed by atoms with E-state index in [4.69, 9.17) is 21.1 Å². The monoisotopic (exact) mass is 326 g/mol. The summed E-state index contributed by atoms with van der Waals surface area (Å²) in [6.07, 6.45) is 5.07. The Morgan fingerprint density at radius 1 is 1.09 bits per heavy atom. The molecule has 0 bridgehead atoms. The lowest BCUT2D eigenvalue weighted by atomic mass is 10.1. The second-order valence-corrected chi connectivity index (χ2v) is 5.67. The van der Waals surface area contributed by atoms with Crippen molar-refractivity contribution in [3.63, 3.8) is 0 Å². The molecule has 0 N–H and O–H groups in total. The van der Waals surface area contributed by atoms with Gasteiger partial charge in [-0.05, 0) is 31.0 Å². The molecule has 1 atom stereocenters. The van der Waals surface area contributed by atoms with Crippen LogP contribution in [-0.4, -0.2) is 19.0 Å². The van der Waals surface area contributed by atoms with Gasteiger partial charge in [0.25, 0.3) is 0 Å². The largest absolute Gasteiger partial charge is 0.490 e. The van der Waals surface area contributed by atoms with Gasteiger partial charge in [0, 0.05) is 6.42 Å². The van der Waals surface area contributed by atoms with Gasteiger partial charge in [-0.2, -0.15) is 0 Å². The third kappa shape index (κ3) is 5.88. The zero-order valence-electron chi connectivity index (χ0n) is 13.9. The molecule has 0 amide bonds. The number of hydrogen-bond donors (Lipinski definition) is 0. The van der Waals surface area contributed by atoms with Gasteiger partial charge < -0.3 is 9.47 Å². The maximum Gasteiger partial charge on any atom is 0.161 e. The van der Waals surface area contributed by atoms with E-state index in [1.807, 2.05) is 32.0 Å². The standard InChI is InChI=1S/C18H27ClO3/c1-4-7-8-9-12-22-16-11-10-14(13-17(16)21-6-3)18(19)15(20)5-2/h10-11,13,18H,4-9,12H2,1-3H3. The van der Waals surface area contributed by atoms with Crippen LogP contribution in [0.4, 0.5) is 0 Å². The smallest absolute Gasteiger partial charge is 0.161 e.